The highest BCUT2D eigenvalue weighted by Crippen LogP contribution is 2.25. The van der Waals surface area contributed by atoms with Crippen LogP contribution in [0.1, 0.15) is 28.8 Å². The number of carbonyl (C=O) groups excluding carboxylic acids is 1. The number of Topliss-reactive ketones (excluding diaryl/α,β-unsaturated/α-hetero) is 1. The summed E-state index contributed by atoms with van der Waals surface area (Å²) in [5.74, 6) is 1.40. The molecule has 22 heavy (non-hydrogen) atoms. The molecular formula is C18H19BrN2O. The van der Waals surface area contributed by atoms with Crippen LogP contribution in [0.5, 0.6) is 0 Å². The molecule has 0 N–H and O–H groups in total. The zero-order valence-corrected chi connectivity index (χ0v) is 14.2. The standard InChI is InChI=1S/C18H19BrN2O/c1-13-2-4-14(5-3-13)18(22)15-8-10-21(11-9-15)17-7-6-16(19)12-20-17/h2-7,12,15H,8-11H2,1H3. The van der Waals surface area contributed by atoms with E-state index in [1.165, 1.54) is 5.56 Å². The topological polar surface area (TPSA) is 33.2 Å². The van der Waals surface area contributed by atoms with Crippen molar-refractivity contribution in [3.8, 4) is 0 Å². The number of aryl methyl sites for hydroxylation is 1. The van der Waals surface area contributed by atoms with E-state index in [-0.39, 0.29) is 11.7 Å². The number of nitrogens with zero attached hydrogens (tertiary/aromatic N) is 2. The maximum absolute atomic E-state index is 12.6. The molecule has 3 nitrogen and oxygen atoms in total. The van der Waals surface area contributed by atoms with Crippen molar-refractivity contribution in [1.29, 1.82) is 0 Å². The van der Waals surface area contributed by atoms with E-state index in [0.717, 1.165) is 41.8 Å². The Morgan fingerprint density at radius 3 is 2.41 bits per heavy atom. The van der Waals surface area contributed by atoms with Crippen LogP contribution in [-0.2, 0) is 0 Å². The Bertz CT molecular complexity index is 644. The van der Waals surface area contributed by atoms with Gasteiger partial charge in [0.15, 0.2) is 5.78 Å². The van der Waals surface area contributed by atoms with Gasteiger partial charge in [-0.05, 0) is 47.8 Å². The van der Waals surface area contributed by atoms with Gasteiger partial charge in [0.05, 0.1) is 0 Å². The summed E-state index contributed by atoms with van der Waals surface area (Å²) in [6.07, 6.45) is 3.60. The number of rotatable bonds is 3. The Balaban J connectivity index is 1.62. The van der Waals surface area contributed by atoms with Crippen LogP contribution in [0.25, 0.3) is 0 Å². The molecule has 1 fully saturated rings. The predicted octanol–water partition coefficient (Wildman–Crippen LogP) is 4.25. The second-order valence-corrected chi connectivity index (χ2v) is 6.74. The lowest BCUT2D eigenvalue weighted by Crippen LogP contribution is -2.36. The Morgan fingerprint density at radius 1 is 1.14 bits per heavy atom. The van der Waals surface area contributed by atoms with E-state index in [4.69, 9.17) is 0 Å². The third-order valence-corrected chi connectivity index (χ3v) is 4.71. The molecule has 1 aromatic carbocycles. The smallest absolute Gasteiger partial charge is 0.166 e. The second-order valence-electron chi connectivity index (χ2n) is 5.83. The molecule has 0 saturated carbocycles. The van der Waals surface area contributed by atoms with Gasteiger partial charge in [-0.2, -0.15) is 0 Å². The lowest BCUT2D eigenvalue weighted by Gasteiger charge is -2.32. The summed E-state index contributed by atoms with van der Waals surface area (Å²) in [5, 5.41) is 0. The molecule has 3 rings (SSSR count). The number of anilines is 1. The number of ketones is 1. The van der Waals surface area contributed by atoms with E-state index in [9.17, 15) is 4.79 Å². The molecule has 1 aliphatic rings. The Kier molecular flexibility index (Phi) is 4.57. The number of pyridine rings is 1. The van der Waals surface area contributed by atoms with Gasteiger partial charge >= 0.3 is 0 Å². The van der Waals surface area contributed by atoms with Crippen molar-refractivity contribution in [3.63, 3.8) is 0 Å². The first kappa shape index (κ1) is 15.2. The van der Waals surface area contributed by atoms with Crippen LogP contribution < -0.4 is 4.90 Å². The van der Waals surface area contributed by atoms with Crippen molar-refractivity contribution in [2.45, 2.75) is 19.8 Å². The average molecular weight is 359 g/mol. The molecule has 0 bridgehead atoms. The fourth-order valence-corrected chi connectivity index (χ4v) is 3.11. The monoisotopic (exact) mass is 358 g/mol. The Morgan fingerprint density at radius 2 is 1.82 bits per heavy atom. The number of halogens is 1. The third kappa shape index (κ3) is 3.38. The molecule has 0 aliphatic carbocycles. The van der Waals surface area contributed by atoms with E-state index in [1.807, 2.05) is 49.5 Å². The van der Waals surface area contributed by atoms with E-state index in [0.29, 0.717) is 0 Å². The highest BCUT2D eigenvalue weighted by Gasteiger charge is 2.26. The number of hydrogen-bond acceptors (Lipinski definition) is 3. The normalized spacial score (nSPS) is 15.8. The van der Waals surface area contributed by atoms with Gasteiger partial charge in [-0.3, -0.25) is 4.79 Å². The highest BCUT2D eigenvalue weighted by atomic mass is 79.9. The fraction of sp³-hybridized carbons (Fsp3) is 0.333. The Labute approximate surface area is 139 Å². The number of carbonyl (C=O) groups is 1. The molecule has 0 atom stereocenters. The zero-order chi connectivity index (χ0) is 15.5. The quantitative estimate of drug-likeness (QED) is 0.768. The molecule has 114 valence electrons. The minimum absolute atomic E-state index is 0.134. The zero-order valence-electron chi connectivity index (χ0n) is 12.6. The second kappa shape index (κ2) is 6.61. The van der Waals surface area contributed by atoms with Gasteiger partial charge in [0, 0.05) is 35.2 Å². The summed E-state index contributed by atoms with van der Waals surface area (Å²) in [6.45, 7) is 3.81. The number of piperidine rings is 1. The van der Waals surface area contributed by atoms with Crippen molar-refractivity contribution >= 4 is 27.5 Å². The van der Waals surface area contributed by atoms with E-state index >= 15 is 0 Å². The van der Waals surface area contributed by atoms with Crippen molar-refractivity contribution in [3.05, 3.63) is 58.2 Å². The Hall–Kier alpha value is -1.68. The fourth-order valence-electron chi connectivity index (χ4n) is 2.88. The van der Waals surface area contributed by atoms with E-state index in [2.05, 4.69) is 25.8 Å². The van der Waals surface area contributed by atoms with Gasteiger partial charge in [-0.15, -0.1) is 0 Å². The van der Waals surface area contributed by atoms with Crippen molar-refractivity contribution in [1.82, 2.24) is 4.98 Å². The minimum atomic E-state index is 0.134. The number of benzene rings is 1. The maximum atomic E-state index is 12.6. The van der Waals surface area contributed by atoms with Gasteiger partial charge in [0.25, 0.3) is 0 Å². The average Bonchev–Trinajstić information content (AvgIpc) is 2.56. The lowest BCUT2D eigenvalue weighted by atomic mass is 9.88. The van der Waals surface area contributed by atoms with Gasteiger partial charge in [-0.1, -0.05) is 29.8 Å². The molecular weight excluding hydrogens is 340 g/mol. The van der Waals surface area contributed by atoms with Crippen molar-refractivity contribution < 1.29 is 4.79 Å². The molecule has 2 aromatic rings. The number of hydrogen-bond donors (Lipinski definition) is 0. The first-order valence-corrected chi connectivity index (χ1v) is 8.40. The summed E-state index contributed by atoms with van der Waals surface area (Å²) in [7, 11) is 0. The molecule has 0 radical (unpaired) electrons. The number of aromatic nitrogens is 1. The molecule has 1 aliphatic heterocycles. The summed E-state index contributed by atoms with van der Waals surface area (Å²) < 4.78 is 0.987. The maximum Gasteiger partial charge on any atom is 0.166 e. The molecule has 1 aromatic heterocycles. The van der Waals surface area contributed by atoms with Crippen LogP contribution in [0.15, 0.2) is 47.1 Å². The third-order valence-electron chi connectivity index (χ3n) is 4.24. The van der Waals surface area contributed by atoms with Crippen LogP contribution in [-0.4, -0.2) is 23.9 Å². The van der Waals surface area contributed by atoms with Gasteiger partial charge < -0.3 is 4.90 Å². The molecule has 1 saturated heterocycles. The predicted molar refractivity (Wildman–Crippen MR) is 92.4 cm³/mol. The highest BCUT2D eigenvalue weighted by molar-refractivity contribution is 9.10. The van der Waals surface area contributed by atoms with Crippen molar-refractivity contribution in [2.75, 3.05) is 18.0 Å². The SMILES string of the molecule is Cc1ccc(C(=O)C2CCN(c3ccc(Br)cn3)CC2)cc1. The van der Waals surface area contributed by atoms with Crippen LogP contribution in [0.2, 0.25) is 0 Å². The molecule has 0 spiro atoms. The molecule has 2 heterocycles. The molecule has 0 unspecified atom stereocenters. The van der Waals surface area contributed by atoms with Gasteiger partial charge in [0.1, 0.15) is 5.82 Å². The van der Waals surface area contributed by atoms with E-state index < -0.39 is 0 Å². The van der Waals surface area contributed by atoms with Crippen LogP contribution >= 0.6 is 15.9 Å². The molecule has 0 amide bonds. The lowest BCUT2D eigenvalue weighted by molar-refractivity contribution is 0.0900. The first-order chi connectivity index (χ1) is 10.6. The van der Waals surface area contributed by atoms with Crippen LogP contribution in [0.4, 0.5) is 5.82 Å². The largest absolute Gasteiger partial charge is 0.357 e. The van der Waals surface area contributed by atoms with Gasteiger partial charge in [-0.25, -0.2) is 4.98 Å². The molecule has 4 heteroatoms. The summed E-state index contributed by atoms with van der Waals surface area (Å²) in [6, 6.07) is 11.9. The van der Waals surface area contributed by atoms with Crippen LogP contribution in [0, 0.1) is 12.8 Å². The van der Waals surface area contributed by atoms with E-state index in [1.54, 1.807) is 0 Å². The first-order valence-electron chi connectivity index (χ1n) is 7.61. The summed E-state index contributed by atoms with van der Waals surface area (Å²) in [5.41, 5.74) is 2.03. The minimum Gasteiger partial charge on any atom is -0.357 e. The van der Waals surface area contributed by atoms with Crippen molar-refractivity contribution in [2.24, 2.45) is 5.92 Å². The van der Waals surface area contributed by atoms with Gasteiger partial charge in [0.2, 0.25) is 0 Å². The van der Waals surface area contributed by atoms with Crippen LogP contribution in [0.3, 0.4) is 0 Å². The summed E-state index contributed by atoms with van der Waals surface area (Å²) >= 11 is 3.40. The summed E-state index contributed by atoms with van der Waals surface area (Å²) in [4.78, 5) is 19.2.